The van der Waals surface area contributed by atoms with Gasteiger partial charge in [-0.05, 0) is 12.5 Å². The van der Waals surface area contributed by atoms with Gasteiger partial charge < -0.3 is 4.90 Å². The van der Waals surface area contributed by atoms with Gasteiger partial charge in [-0.15, -0.1) is 0 Å². The molecule has 3 heteroatoms. The van der Waals surface area contributed by atoms with E-state index in [1.54, 1.807) is 0 Å². The Morgan fingerprint density at radius 3 is 1.79 bits per heavy atom. The first-order valence-electron chi connectivity index (χ1n) is 6.77. The van der Waals surface area contributed by atoms with E-state index < -0.39 is 0 Å². The molecule has 0 bridgehead atoms. The second kappa shape index (κ2) is 6.32. The zero-order valence-electron chi connectivity index (χ0n) is 12.1. The van der Waals surface area contributed by atoms with Crippen molar-refractivity contribution in [2.45, 2.75) is 26.4 Å². The minimum atomic E-state index is 1.05. The van der Waals surface area contributed by atoms with Crippen molar-refractivity contribution in [2.24, 2.45) is 0 Å². The van der Waals surface area contributed by atoms with Gasteiger partial charge in [-0.1, -0.05) is 0 Å². The van der Waals surface area contributed by atoms with E-state index in [0.717, 1.165) is 19.5 Å². The number of anilines is 1. The fourth-order valence-corrected chi connectivity index (χ4v) is 2.01. The van der Waals surface area contributed by atoms with Crippen LogP contribution in [-0.4, -0.2) is 14.1 Å². The molecule has 0 radical (unpaired) electrons. The molecule has 2 aromatic heterocycles. The van der Waals surface area contributed by atoms with Crippen LogP contribution in [0.5, 0.6) is 0 Å². The van der Waals surface area contributed by atoms with Crippen LogP contribution in [0.2, 0.25) is 0 Å². The lowest BCUT2D eigenvalue weighted by Gasteiger charge is -2.10. The van der Waals surface area contributed by atoms with Crippen molar-refractivity contribution in [3.63, 3.8) is 0 Å². The predicted octanol–water partition coefficient (Wildman–Crippen LogP) is 1.73. The van der Waals surface area contributed by atoms with Gasteiger partial charge in [0.25, 0.3) is 0 Å². The van der Waals surface area contributed by atoms with Crippen LogP contribution in [0.25, 0.3) is 0 Å². The third-order valence-electron chi connectivity index (χ3n) is 3.28. The van der Waals surface area contributed by atoms with Gasteiger partial charge in [0.2, 0.25) is 0 Å². The first-order chi connectivity index (χ1) is 9.15. The van der Waals surface area contributed by atoms with Gasteiger partial charge in [0.1, 0.15) is 0 Å². The van der Waals surface area contributed by atoms with Gasteiger partial charge in [-0.3, -0.25) is 0 Å². The minimum absolute atomic E-state index is 1.05. The summed E-state index contributed by atoms with van der Waals surface area (Å²) in [5, 5.41) is 0. The van der Waals surface area contributed by atoms with Crippen LogP contribution >= 0.6 is 0 Å². The number of hydrogen-bond donors (Lipinski definition) is 0. The monoisotopic (exact) mass is 257 g/mol. The molecule has 0 aliphatic carbocycles. The van der Waals surface area contributed by atoms with E-state index in [2.05, 4.69) is 84.1 Å². The summed E-state index contributed by atoms with van der Waals surface area (Å²) < 4.78 is 4.48. The molecule has 0 aliphatic heterocycles. The van der Waals surface area contributed by atoms with Gasteiger partial charge in [-0.2, -0.15) is 0 Å². The van der Waals surface area contributed by atoms with Crippen molar-refractivity contribution in [3.05, 3.63) is 54.6 Å². The molecule has 0 saturated carbocycles. The lowest BCUT2D eigenvalue weighted by Crippen LogP contribution is -2.38. The highest BCUT2D eigenvalue weighted by Crippen LogP contribution is 2.05. The number of pyridine rings is 2. The number of aryl methyl sites for hydroxylation is 3. The first kappa shape index (κ1) is 13.5. The molecule has 0 aromatic carbocycles. The molecule has 0 aliphatic rings. The molecule has 2 aromatic rings. The van der Waals surface area contributed by atoms with Crippen molar-refractivity contribution in [2.75, 3.05) is 19.0 Å². The molecule has 2 rings (SSSR count). The maximum absolute atomic E-state index is 2.24. The van der Waals surface area contributed by atoms with E-state index in [4.69, 9.17) is 0 Å². The van der Waals surface area contributed by atoms with E-state index in [0.29, 0.717) is 0 Å². The van der Waals surface area contributed by atoms with E-state index >= 15 is 0 Å². The maximum Gasteiger partial charge on any atom is 0.170 e. The quantitative estimate of drug-likeness (QED) is 0.742. The SMILES string of the molecule is Cc1cc[n+](CCC[n+]2ccc(N(C)C)cc2)cc1. The fraction of sp³-hybridized carbons (Fsp3) is 0.375. The van der Waals surface area contributed by atoms with Gasteiger partial charge in [0.15, 0.2) is 37.9 Å². The molecule has 0 N–H and O–H groups in total. The van der Waals surface area contributed by atoms with Crippen molar-refractivity contribution >= 4 is 5.69 Å². The first-order valence-corrected chi connectivity index (χ1v) is 6.77. The number of aromatic nitrogens is 2. The molecule has 0 amide bonds. The van der Waals surface area contributed by atoms with Gasteiger partial charge >= 0.3 is 0 Å². The smallest absolute Gasteiger partial charge is 0.170 e. The average Bonchev–Trinajstić information content (AvgIpc) is 2.41. The summed E-state index contributed by atoms with van der Waals surface area (Å²) in [6.45, 7) is 4.23. The van der Waals surface area contributed by atoms with Crippen LogP contribution in [0.1, 0.15) is 12.0 Å². The summed E-state index contributed by atoms with van der Waals surface area (Å²) in [7, 11) is 4.13. The van der Waals surface area contributed by atoms with Crippen LogP contribution in [-0.2, 0) is 13.1 Å². The van der Waals surface area contributed by atoms with Gasteiger partial charge in [0.05, 0.1) is 6.42 Å². The molecule has 2 heterocycles. The largest absolute Gasteiger partial charge is 0.377 e. The highest BCUT2D eigenvalue weighted by molar-refractivity contribution is 5.41. The molecule has 0 fully saturated rings. The minimum Gasteiger partial charge on any atom is -0.377 e. The van der Waals surface area contributed by atoms with Crippen LogP contribution in [0.4, 0.5) is 5.69 Å². The summed E-state index contributed by atoms with van der Waals surface area (Å²) in [5.74, 6) is 0. The Kier molecular flexibility index (Phi) is 4.50. The topological polar surface area (TPSA) is 11.0 Å². The number of nitrogens with zero attached hydrogens (tertiary/aromatic N) is 3. The summed E-state index contributed by atoms with van der Waals surface area (Å²) in [6, 6.07) is 8.61. The second-order valence-corrected chi connectivity index (χ2v) is 5.16. The van der Waals surface area contributed by atoms with Crippen molar-refractivity contribution < 1.29 is 9.13 Å². The van der Waals surface area contributed by atoms with Crippen molar-refractivity contribution in [1.29, 1.82) is 0 Å². The zero-order chi connectivity index (χ0) is 13.7. The molecule has 0 saturated heterocycles. The summed E-state index contributed by atoms with van der Waals surface area (Å²) in [4.78, 5) is 2.12. The van der Waals surface area contributed by atoms with E-state index in [1.807, 2.05) is 0 Å². The second-order valence-electron chi connectivity index (χ2n) is 5.16. The molecule has 0 atom stereocenters. The highest BCUT2D eigenvalue weighted by atomic mass is 15.1. The summed E-state index contributed by atoms with van der Waals surface area (Å²) >= 11 is 0. The average molecular weight is 257 g/mol. The van der Waals surface area contributed by atoms with Crippen molar-refractivity contribution in [3.8, 4) is 0 Å². The Bertz CT molecular complexity index is 501. The van der Waals surface area contributed by atoms with Crippen LogP contribution in [0.3, 0.4) is 0 Å². The molecule has 0 spiro atoms. The molecular weight excluding hydrogens is 234 g/mol. The molecule has 19 heavy (non-hydrogen) atoms. The highest BCUT2D eigenvalue weighted by Gasteiger charge is 2.05. The van der Waals surface area contributed by atoms with Crippen molar-refractivity contribution in [1.82, 2.24) is 0 Å². The number of hydrogen-bond acceptors (Lipinski definition) is 1. The van der Waals surface area contributed by atoms with Crippen LogP contribution in [0, 0.1) is 6.92 Å². The Morgan fingerprint density at radius 1 is 0.842 bits per heavy atom. The third kappa shape index (κ3) is 4.05. The molecular formula is C16H23N3+2. The fourth-order valence-electron chi connectivity index (χ4n) is 2.01. The summed E-state index contributed by atoms with van der Waals surface area (Å²) in [6.07, 6.45) is 9.73. The van der Waals surface area contributed by atoms with Crippen LogP contribution in [0.15, 0.2) is 49.1 Å². The van der Waals surface area contributed by atoms with E-state index in [-0.39, 0.29) is 0 Å². The summed E-state index contributed by atoms with van der Waals surface area (Å²) in [5.41, 5.74) is 2.55. The lowest BCUT2D eigenvalue weighted by atomic mass is 10.3. The lowest BCUT2D eigenvalue weighted by molar-refractivity contribution is -0.726. The Labute approximate surface area is 115 Å². The standard InChI is InChI=1S/C16H23N3/c1-15-5-11-18(12-6-15)9-4-10-19-13-7-16(8-14-19)17(2)3/h5-8,11-14H,4,9-10H2,1-3H3/q+2. The van der Waals surface area contributed by atoms with E-state index in [9.17, 15) is 0 Å². The Morgan fingerprint density at radius 2 is 1.32 bits per heavy atom. The molecule has 100 valence electrons. The predicted molar refractivity (Wildman–Crippen MR) is 77.0 cm³/mol. The Hall–Kier alpha value is -1.90. The number of rotatable bonds is 5. The van der Waals surface area contributed by atoms with Crippen LogP contribution < -0.4 is 14.0 Å². The normalized spacial score (nSPS) is 10.5. The Balaban J connectivity index is 1.83. The molecule has 3 nitrogen and oxygen atoms in total. The van der Waals surface area contributed by atoms with Gasteiger partial charge in [-0.25, -0.2) is 9.13 Å². The maximum atomic E-state index is 2.24. The molecule has 0 unspecified atom stereocenters. The van der Waals surface area contributed by atoms with Gasteiger partial charge in [0, 0.05) is 44.0 Å². The van der Waals surface area contributed by atoms with E-state index in [1.165, 1.54) is 11.3 Å². The zero-order valence-corrected chi connectivity index (χ0v) is 12.1. The third-order valence-corrected chi connectivity index (χ3v) is 3.28.